The molecule has 1 saturated heterocycles. The number of hydrogen-bond donors (Lipinski definition) is 1. The van der Waals surface area contributed by atoms with Gasteiger partial charge in [-0.15, -0.1) is 0 Å². The second kappa shape index (κ2) is 8.43. The molecule has 1 unspecified atom stereocenters. The second-order valence-electron chi connectivity index (χ2n) is 8.04. The summed E-state index contributed by atoms with van der Waals surface area (Å²) < 4.78 is 25.5. The van der Waals surface area contributed by atoms with Crippen LogP contribution in [0.1, 0.15) is 16.7 Å². The number of rotatable bonds is 5. The molecule has 2 heterocycles. The van der Waals surface area contributed by atoms with Gasteiger partial charge in [-0.3, -0.25) is 4.79 Å². The fraction of sp³-hybridized carbons (Fsp3) is 0.154. The Hall–Kier alpha value is -4.13. The largest absolute Gasteiger partial charge is 0.454 e. The number of amides is 2. The number of anilines is 1. The molecule has 0 aliphatic carbocycles. The van der Waals surface area contributed by atoms with Crippen LogP contribution in [0.4, 0.5) is 14.9 Å². The van der Waals surface area contributed by atoms with E-state index in [1.165, 1.54) is 6.07 Å². The van der Waals surface area contributed by atoms with Crippen LogP contribution in [0, 0.1) is 5.82 Å². The van der Waals surface area contributed by atoms with Crippen molar-refractivity contribution in [3.63, 3.8) is 0 Å². The van der Waals surface area contributed by atoms with Gasteiger partial charge in [-0.1, -0.05) is 36.4 Å². The van der Waals surface area contributed by atoms with Crippen molar-refractivity contribution < 1.29 is 23.5 Å². The summed E-state index contributed by atoms with van der Waals surface area (Å²) in [6, 6.07) is 19.3. The first kappa shape index (κ1) is 20.8. The quantitative estimate of drug-likeness (QED) is 0.556. The summed E-state index contributed by atoms with van der Waals surface area (Å²) in [4.78, 5) is 25.3. The number of carbonyl (C=O) groups is 2. The van der Waals surface area contributed by atoms with E-state index >= 15 is 0 Å². The van der Waals surface area contributed by atoms with E-state index in [0.717, 1.165) is 16.8 Å². The fourth-order valence-electron chi connectivity index (χ4n) is 3.96. The summed E-state index contributed by atoms with van der Waals surface area (Å²) in [5.74, 6) is -0.143. The number of likely N-dealkylation sites (N-methyl/N-ethyl adjacent to an activating group) is 1. The highest BCUT2D eigenvalue weighted by atomic mass is 19.1. The van der Waals surface area contributed by atoms with Crippen molar-refractivity contribution >= 4 is 29.3 Å². The molecule has 3 aromatic carbocycles. The van der Waals surface area contributed by atoms with E-state index < -0.39 is 5.82 Å². The predicted octanol–water partition coefficient (Wildman–Crippen LogP) is 5.10. The Bertz CT molecular complexity index is 1270. The molecule has 3 aromatic rings. The first-order chi connectivity index (χ1) is 16.0. The Kier molecular flexibility index (Phi) is 5.30. The molecule has 2 amide bonds. The van der Waals surface area contributed by atoms with Crippen LogP contribution in [0.5, 0.6) is 11.5 Å². The van der Waals surface area contributed by atoms with E-state index in [4.69, 9.17) is 9.47 Å². The summed E-state index contributed by atoms with van der Waals surface area (Å²) in [5.41, 5.74) is 3.62. The normalized spacial score (nSPS) is 18.3. The number of ether oxygens (including phenoxy) is 2. The van der Waals surface area contributed by atoms with Gasteiger partial charge in [-0.05, 0) is 54.0 Å². The Morgan fingerprint density at radius 2 is 1.91 bits per heavy atom. The third-order valence-electron chi connectivity index (χ3n) is 5.83. The van der Waals surface area contributed by atoms with Gasteiger partial charge in [0.15, 0.2) is 11.6 Å². The van der Waals surface area contributed by atoms with Gasteiger partial charge in [0.25, 0.3) is 5.91 Å². The number of halogens is 1. The fourth-order valence-corrected chi connectivity index (χ4v) is 3.96. The molecule has 0 radical (unpaired) electrons. The third kappa shape index (κ3) is 4.17. The van der Waals surface area contributed by atoms with Crippen molar-refractivity contribution in [2.24, 2.45) is 0 Å². The second-order valence-corrected chi connectivity index (χ2v) is 8.04. The number of carbonyl (C=O) groups excluding carboxylic acids is 2. The van der Waals surface area contributed by atoms with Crippen molar-refractivity contribution in [2.75, 3.05) is 19.0 Å². The predicted molar refractivity (Wildman–Crippen MR) is 122 cm³/mol. The summed E-state index contributed by atoms with van der Waals surface area (Å²) in [6.07, 6.45) is 2.01. The standard InChI is InChI=1S/C26H21FN2O4/c1-29-18(15-32-26(29)31)12-16-6-9-19(10-7-16)33-24-11-8-17(14-22(24)27)13-21-20-4-2-3-5-23(20)28-25(21)30/h2-11,13-14,18H,12,15H2,1H3,(H,28,30)/b21-13+. The monoisotopic (exact) mass is 444 g/mol. The van der Waals surface area contributed by atoms with Gasteiger partial charge in [-0.2, -0.15) is 0 Å². The molecule has 0 spiro atoms. The minimum atomic E-state index is -0.525. The number of hydrogen-bond acceptors (Lipinski definition) is 4. The molecule has 33 heavy (non-hydrogen) atoms. The molecule has 1 fully saturated rings. The van der Waals surface area contributed by atoms with Crippen LogP contribution in [0.15, 0.2) is 66.7 Å². The molecule has 7 heteroatoms. The lowest BCUT2D eigenvalue weighted by atomic mass is 10.0. The number of nitrogens with one attached hydrogen (secondary N) is 1. The lowest BCUT2D eigenvalue weighted by Gasteiger charge is -2.16. The van der Waals surface area contributed by atoms with Crippen LogP contribution in [-0.2, 0) is 16.0 Å². The zero-order valence-corrected chi connectivity index (χ0v) is 17.9. The molecule has 0 bridgehead atoms. The van der Waals surface area contributed by atoms with Crippen LogP contribution in [0.2, 0.25) is 0 Å². The van der Waals surface area contributed by atoms with Gasteiger partial charge in [0, 0.05) is 23.9 Å². The number of benzene rings is 3. The molecule has 5 rings (SSSR count). The van der Waals surface area contributed by atoms with Crippen molar-refractivity contribution in [1.82, 2.24) is 4.90 Å². The van der Waals surface area contributed by atoms with Crippen molar-refractivity contribution in [3.05, 3.63) is 89.2 Å². The molecular formula is C26H21FN2O4. The number of nitrogens with zero attached hydrogens (tertiary/aromatic N) is 1. The minimum Gasteiger partial charge on any atom is -0.454 e. The molecule has 6 nitrogen and oxygen atoms in total. The Labute approximate surface area is 190 Å². The van der Waals surface area contributed by atoms with E-state index in [0.29, 0.717) is 29.9 Å². The van der Waals surface area contributed by atoms with Gasteiger partial charge in [0.2, 0.25) is 0 Å². The van der Waals surface area contributed by atoms with Crippen molar-refractivity contribution in [3.8, 4) is 11.5 Å². The smallest absolute Gasteiger partial charge is 0.409 e. The van der Waals surface area contributed by atoms with Gasteiger partial charge < -0.3 is 19.7 Å². The van der Waals surface area contributed by atoms with Crippen LogP contribution >= 0.6 is 0 Å². The van der Waals surface area contributed by atoms with Crippen molar-refractivity contribution in [2.45, 2.75) is 12.5 Å². The topological polar surface area (TPSA) is 67.9 Å². The molecule has 2 aliphatic rings. The van der Waals surface area contributed by atoms with Crippen LogP contribution in [0.25, 0.3) is 11.6 Å². The molecule has 1 N–H and O–H groups in total. The number of fused-ring (bicyclic) bond motifs is 1. The van der Waals surface area contributed by atoms with Gasteiger partial charge in [0.1, 0.15) is 12.4 Å². The van der Waals surface area contributed by atoms with E-state index in [-0.39, 0.29) is 23.8 Å². The Balaban J connectivity index is 1.29. The van der Waals surface area contributed by atoms with Crippen LogP contribution in [-0.4, -0.2) is 36.6 Å². The summed E-state index contributed by atoms with van der Waals surface area (Å²) in [5, 5.41) is 2.81. The van der Waals surface area contributed by atoms with E-state index in [9.17, 15) is 14.0 Å². The van der Waals surface area contributed by atoms with Crippen LogP contribution in [0.3, 0.4) is 0 Å². The van der Waals surface area contributed by atoms with E-state index in [2.05, 4.69) is 5.32 Å². The minimum absolute atomic E-state index is 0.00251. The van der Waals surface area contributed by atoms with Crippen molar-refractivity contribution in [1.29, 1.82) is 0 Å². The Morgan fingerprint density at radius 3 is 2.64 bits per heavy atom. The molecular weight excluding hydrogens is 423 g/mol. The molecule has 0 saturated carbocycles. The van der Waals surface area contributed by atoms with E-state index in [1.54, 1.807) is 42.3 Å². The number of cyclic esters (lactones) is 1. The maximum atomic E-state index is 14.7. The summed E-state index contributed by atoms with van der Waals surface area (Å²) in [6.45, 7) is 0.370. The lowest BCUT2D eigenvalue weighted by molar-refractivity contribution is -0.110. The molecule has 1 atom stereocenters. The first-order valence-corrected chi connectivity index (χ1v) is 10.6. The van der Waals surface area contributed by atoms with Crippen LogP contribution < -0.4 is 10.1 Å². The zero-order chi connectivity index (χ0) is 22.9. The average molecular weight is 444 g/mol. The highest BCUT2D eigenvalue weighted by Gasteiger charge is 2.29. The summed E-state index contributed by atoms with van der Waals surface area (Å²) >= 11 is 0. The maximum Gasteiger partial charge on any atom is 0.409 e. The molecule has 0 aromatic heterocycles. The van der Waals surface area contributed by atoms with E-state index in [1.807, 2.05) is 36.4 Å². The summed E-state index contributed by atoms with van der Waals surface area (Å²) in [7, 11) is 1.72. The first-order valence-electron chi connectivity index (χ1n) is 10.6. The van der Waals surface area contributed by atoms with Gasteiger partial charge in [0.05, 0.1) is 6.04 Å². The lowest BCUT2D eigenvalue weighted by Crippen LogP contribution is -2.30. The molecule has 2 aliphatic heterocycles. The highest BCUT2D eigenvalue weighted by molar-refractivity contribution is 6.34. The molecule has 166 valence electrons. The average Bonchev–Trinajstić information content (AvgIpc) is 3.30. The third-order valence-corrected chi connectivity index (χ3v) is 5.83. The number of para-hydroxylation sites is 1. The maximum absolute atomic E-state index is 14.7. The zero-order valence-electron chi connectivity index (χ0n) is 17.9. The van der Waals surface area contributed by atoms with Gasteiger partial charge in [-0.25, -0.2) is 9.18 Å². The van der Waals surface area contributed by atoms with Gasteiger partial charge >= 0.3 is 6.09 Å². The SMILES string of the molecule is CN1C(=O)OCC1Cc1ccc(Oc2ccc(/C=C3/C(=O)Nc4ccccc43)cc2F)cc1. The Morgan fingerprint density at radius 1 is 1.12 bits per heavy atom. The highest BCUT2D eigenvalue weighted by Crippen LogP contribution is 2.33.